The van der Waals surface area contributed by atoms with Crippen molar-refractivity contribution >= 4 is 88.5 Å². The zero-order valence-corrected chi connectivity index (χ0v) is 33.4. The molecule has 5 nitrogen and oxygen atoms in total. The molecule has 0 bridgehead atoms. The summed E-state index contributed by atoms with van der Waals surface area (Å²) in [6.45, 7) is 13.5. The van der Waals surface area contributed by atoms with Crippen molar-refractivity contribution in [2.24, 2.45) is 0 Å². The maximum absolute atomic E-state index is 10.5. The van der Waals surface area contributed by atoms with Crippen LogP contribution in [-0.4, -0.2) is 20.4 Å². The summed E-state index contributed by atoms with van der Waals surface area (Å²) >= 11 is 0. The van der Waals surface area contributed by atoms with Gasteiger partial charge in [-0.2, -0.15) is 10.5 Å². The van der Waals surface area contributed by atoms with E-state index in [4.69, 9.17) is 0 Å². The Hall–Kier alpha value is -7.02. The van der Waals surface area contributed by atoms with E-state index in [2.05, 4.69) is 189 Å². The second kappa shape index (κ2) is 10.9. The Kier molecular flexibility index (Phi) is 6.22. The molecule has 3 aromatic heterocycles. The van der Waals surface area contributed by atoms with E-state index in [9.17, 15) is 10.5 Å². The minimum absolute atomic E-state index is 0.0373. The lowest BCUT2D eigenvalue weighted by atomic mass is 9.34. The van der Waals surface area contributed by atoms with Crippen LogP contribution in [0.3, 0.4) is 0 Å². The van der Waals surface area contributed by atoms with Gasteiger partial charge >= 0.3 is 0 Å². The summed E-state index contributed by atoms with van der Waals surface area (Å²) in [7, 11) is 0. The van der Waals surface area contributed by atoms with Gasteiger partial charge in [0.15, 0.2) is 0 Å². The van der Waals surface area contributed by atoms with Gasteiger partial charge in [-0.05, 0) is 99.0 Å². The van der Waals surface area contributed by atoms with Crippen LogP contribution < -0.4 is 16.4 Å². The van der Waals surface area contributed by atoms with Gasteiger partial charge in [0.25, 0.3) is 6.71 Å². The number of benzene rings is 7. The number of hydrogen-bond acceptors (Lipinski definition) is 2. The first-order valence-corrected chi connectivity index (χ1v) is 20.2. The maximum atomic E-state index is 10.5. The van der Waals surface area contributed by atoms with E-state index in [1.807, 2.05) is 0 Å². The van der Waals surface area contributed by atoms with E-state index in [1.54, 1.807) is 0 Å². The van der Waals surface area contributed by atoms with Crippen LogP contribution in [0.4, 0.5) is 0 Å². The second-order valence-electron chi connectivity index (χ2n) is 18.5. The van der Waals surface area contributed by atoms with Crippen molar-refractivity contribution in [1.29, 1.82) is 10.5 Å². The van der Waals surface area contributed by atoms with Crippen LogP contribution in [0.2, 0.25) is 0 Å². The molecule has 5 heterocycles. The fourth-order valence-electron chi connectivity index (χ4n) is 10.4. The van der Waals surface area contributed by atoms with Crippen molar-refractivity contribution in [3.63, 3.8) is 0 Å². The predicted molar refractivity (Wildman–Crippen MR) is 241 cm³/mol. The molecule has 2 aliphatic heterocycles. The molecular weight excluding hydrogens is 705 g/mol. The molecule has 0 radical (unpaired) electrons. The van der Waals surface area contributed by atoms with E-state index in [1.165, 1.54) is 38.4 Å². The molecule has 7 aromatic carbocycles. The summed E-state index contributed by atoms with van der Waals surface area (Å²) in [6, 6.07) is 49.4. The fraction of sp³-hybridized carbons (Fsp3) is 0.154. The van der Waals surface area contributed by atoms with Crippen molar-refractivity contribution in [3.8, 4) is 29.2 Å². The largest absolute Gasteiger partial charge is 0.310 e. The minimum Gasteiger partial charge on any atom is -0.310 e. The van der Waals surface area contributed by atoms with Crippen LogP contribution in [-0.2, 0) is 10.8 Å². The quantitative estimate of drug-likeness (QED) is 0.157. The highest BCUT2D eigenvalue weighted by Gasteiger charge is 2.42. The standard InChI is InChI=1S/C52H38BN5/c1-51(2,3)31-15-17-36-37-18-16-32(52(4,5)6)24-45(37)56(44(36)23-31)33-25-46-48-47(26-33)58-43-14-10-8-12-35(43)39-20-30(28-55)22-41(50(39)58)53(48)40-21-29(27-54)19-38-34-11-7-9-13-42(34)57(46)49(38)40/h7-26H,1-6H3. The SMILES string of the molecule is CC(C)(C)c1ccc2c3ccc(C(C)(C)C)cc3n(-c3cc4c5c(c3)-n3c6ccccc6c6cc(C#N)cc(c63)B5c3cc(C#N)cc5c6ccccc6n-4c35)c2c1. The molecule has 0 amide bonds. The average Bonchev–Trinajstić information content (AvgIpc) is 3.86. The highest BCUT2D eigenvalue weighted by molar-refractivity contribution is 7.00. The number of hydrogen-bond donors (Lipinski definition) is 0. The Morgan fingerprint density at radius 2 is 0.879 bits per heavy atom. The van der Waals surface area contributed by atoms with E-state index < -0.39 is 0 Å². The van der Waals surface area contributed by atoms with Crippen LogP contribution in [0.1, 0.15) is 63.8 Å². The molecule has 0 saturated heterocycles. The van der Waals surface area contributed by atoms with Crippen LogP contribution >= 0.6 is 0 Å². The number of nitriles is 2. The highest BCUT2D eigenvalue weighted by Crippen LogP contribution is 2.43. The molecule has 6 heteroatoms. The summed E-state index contributed by atoms with van der Waals surface area (Å²) < 4.78 is 7.42. The lowest BCUT2D eigenvalue weighted by Gasteiger charge is -2.34. The van der Waals surface area contributed by atoms with Crippen molar-refractivity contribution < 1.29 is 0 Å². The van der Waals surface area contributed by atoms with Crippen LogP contribution in [0, 0.1) is 22.7 Å². The molecule has 12 rings (SSSR count). The molecule has 10 aromatic rings. The monoisotopic (exact) mass is 743 g/mol. The Balaban J connectivity index is 1.32. The van der Waals surface area contributed by atoms with Gasteiger partial charge in [0, 0.05) is 54.7 Å². The summed E-state index contributed by atoms with van der Waals surface area (Å²) in [5, 5.41) is 27.8. The maximum Gasteiger partial charge on any atom is 0.252 e. The second-order valence-corrected chi connectivity index (χ2v) is 18.5. The van der Waals surface area contributed by atoms with Gasteiger partial charge in [0.1, 0.15) is 0 Å². The van der Waals surface area contributed by atoms with Gasteiger partial charge in [0.05, 0.1) is 51.0 Å². The Morgan fingerprint density at radius 1 is 0.448 bits per heavy atom. The third kappa shape index (κ3) is 4.14. The van der Waals surface area contributed by atoms with Gasteiger partial charge in [0.2, 0.25) is 0 Å². The van der Waals surface area contributed by atoms with Gasteiger partial charge in [-0.1, -0.05) is 102 Å². The third-order valence-corrected chi connectivity index (χ3v) is 13.1. The molecule has 274 valence electrons. The summed E-state index contributed by atoms with van der Waals surface area (Å²) in [4.78, 5) is 0. The lowest BCUT2D eigenvalue weighted by Crippen LogP contribution is -2.59. The van der Waals surface area contributed by atoms with Crippen LogP contribution in [0.25, 0.3) is 82.5 Å². The summed E-state index contributed by atoms with van der Waals surface area (Å²) in [5.41, 5.74) is 17.3. The Morgan fingerprint density at radius 3 is 1.31 bits per heavy atom. The van der Waals surface area contributed by atoms with Crippen molar-refractivity contribution in [2.75, 3.05) is 0 Å². The molecule has 0 spiro atoms. The first kappa shape index (κ1) is 33.2. The van der Waals surface area contributed by atoms with Gasteiger partial charge in [-0.15, -0.1) is 0 Å². The van der Waals surface area contributed by atoms with Crippen molar-refractivity contribution in [3.05, 3.63) is 144 Å². The number of rotatable bonds is 1. The number of fused-ring (bicyclic) bond motifs is 13. The minimum atomic E-state index is -0.197. The van der Waals surface area contributed by atoms with Gasteiger partial charge in [-0.25, -0.2) is 0 Å². The Bertz CT molecular complexity index is 3390. The topological polar surface area (TPSA) is 62.4 Å². The number of para-hydroxylation sites is 2. The van der Waals surface area contributed by atoms with Crippen LogP contribution in [0.5, 0.6) is 0 Å². The van der Waals surface area contributed by atoms with Crippen molar-refractivity contribution in [1.82, 2.24) is 13.7 Å². The van der Waals surface area contributed by atoms with Gasteiger partial charge < -0.3 is 13.7 Å². The van der Waals surface area contributed by atoms with E-state index in [0.717, 1.165) is 71.6 Å². The molecule has 0 atom stereocenters. The molecule has 58 heavy (non-hydrogen) atoms. The zero-order valence-electron chi connectivity index (χ0n) is 33.4. The highest BCUT2D eigenvalue weighted by atomic mass is 15.1. The zero-order chi connectivity index (χ0) is 39.6. The van der Waals surface area contributed by atoms with E-state index in [0.29, 0.717) is 11.1 Å². The summed E-state index contributed by atoms with van der Waals surface area (Å²) in [5.74, 6) is 0. The predicted octanol–water partition coefficient (Wildman–Crippen LogP) is 10.5. The van der Waals surface area contributed by atoms with E-state index in [-0.39, 0.29) is 17.5 Å². The molecule has 0 saturated carbocycles. The van der Waals surface area contributed by atoms with Crippen LogP contribution in [0.15, 0.2) is 121 Å². The molecule has 0 fully saturated rings. The molecule has 0 N–H and O–H groups in total. The molecule has 0 unspecified atom stereocenters. The molecule has 0 aliphatic carbocycles. The van der Waals surface area contributed by atoms with E-state index >= 15 is 0 Å². The first-order chi connectivity index (χ1) is 27.9. The first-order valence-electron chi connectivity index (χ1n) is 20.2. The molecular formula is C52H38BN5. The fourth-order valence-corrected chi connectivity index (χ4v) is 10.4. The third-order valence-electron chi connectivity index (χ3n) is 13.1. The van der Waals surface area contributed by atoms with Gasteiger partial charge in [-0.3, -0.25) is 0 Å². The Labute approximate surface area is 336 Å². The summed E-state index contributed by atoms with van der Waals surface area (Å²) in [6.07, 6.45) is 0. The normalized spacial score (nSPS) is 13.3. The number of nitrogens with zero attached hydrogens (tertiary/aromatic N) is 5. The number of aromatic nitrogens is 3. The lowest BCUT2D eigenvalue weighted by molar-refractivity contribution is 0.591. The van der Waals surface area contributed by atoms with Crippen molar-refractivity contribution in [2.45, 2.75) is 52.4 Å². The smallest absolute Gasteiger partial charge is 0.252 e. The average molecular weight is 744 g/mol. The molecule has 2 aliphatic rings.